The number of rotatable bonds is 12. The fourth-order valence-corrected chi connectivity index (χ4v) is 24.0. The summed E-state index contributed by atoms with van der Waals surface area (Å²) in [5, 5.41) is 22.5. The van der Waals surface area contributed by atoms with Gasteiger partial charge >= 0.3 is 0 Å². The molecule has 0 saturated heterocycles. The molecule has 28 aromatic rings. The third-order valence-corrected chi connectivity index (χ3v) is 31.2. The molecule has 0 bridgehead atoms. The number of para-hydroxylation sites is 4. The van der Waals surface area contributed by atoms with Crippen LogP contribution in [0.5, 0.6) is 0 Å². The molecule has 0 spiro atoms. The molecule has 696 valence electrons. The summed E-state index contributed by atoms with van der Waals surface area (Å²) < 4.78 is 11.0. The standard InChI is InChI=1S/C53H36N2.C47H35N.C41H25N3O/c1-53(2)45-17-9-6-16-42(45)52-46(53)27-22-33-20-21-36-30-38(25-26-39(36)51(33)52)55-48-19-11-8-15-41(48)44-32-35(24-29-50(44)55)34-23-28-49-43(31-34)40-14-7-10-18-47(40)54(49)37-12-4-3-5-13-37;1-47(2)43-16-10-9-15-42(43)46-44(47)30-23-36-17-18-37-31-40(28-29-41(37)45(36)46)48(38-24-19-34(20-25-38)32-11-5-3-6-12-32)39-26-21-35(22-27-39)33-13-7-4-8-14-33;1-3-10-27(11-4-1)39-42-40(28-12-5-2-6-13-28)44-41(43-39)32-15-9-14-29(25-32)30-20-22-33-31(24-30)19-18-26-21-23-36-38(37(26)33)34-16-7-8-17-35(34)45-36/h3-32H,1-2H3;3-31H,1-2H3;1-25H. The van der Waals surface area contributed by atoms with Gasteiger partial charge < -0.3 is 18.5 Å². The molecule has 0 amide bonds. The molecule has 4 aromatic heterocycles. The maximum atomic E-state index is 6.21. The summed E-state index contributed by atoms with van der Waals surface area (Å²) in [6, 6.07) is 184. The predicted molar refractivity (Wildman–Crippen MR) is 622 cm³/mol. The van der Waals surface area contributed by atoms with Gasteiger partial charge in [0.1, 0.15) is 11.2 Å². The highest BCUT2D eigenvalue weighted by Crippen LogP contribution is 2.56. The minimum atomic E-state index is -0.0309. The molecule has 148 heavy (non-hydrogen) atoms. The first-order valence-electron chi connectivity index (χ1n) is 51.1. The molecular formula is C141H96N6O. The van der Waals surface area contributed by atoms with Crippen molar-refractivity contribution in [2.45, 2.75) is 38.5 Å². The van der Waals surface area contributed by atoms with Crippen LogP contribution in [0.15, 0.2) is 514 Å². The topological polar surface area (TPSA) is 64.9 Å². The Bertz CT molecular complexity index is 10100. The molecular weight excluding hydrogens is 1790 g/mol. The van der Waals surface area contributed by atoms with Gasteiger partial charge in [-0.15, -0.1) is 0 Å². The van der Waals surface area contributed by atoms with Crippen LogP contribution in [0.1, 0.15) is 49.9 Å². The highest BCUT2D eigenvalue weighted by Gasteiger charge is 2.39. The van der Waals surface area contributed by atoms with Gasteiger partial charge in [-0.3, -0.25) is 0 Å². The van der Waals surface area contributed by atoms with Crippen molar-refractivity contribution in [1.29, 1.82) is 0 Å². The molecule has 0 N–H and O–H groups in total. The Balaban J connectivity index is 0.000000108. The maximum absolute atomic E-state index is 6.21. The lowest BCUT2D eigenvalue weighted by molar-refractivity contribution is 0.660. The van der Waals surface area contributed by atoms with Gasteiger partial charge in [0.05, 0.1) is 22.1 Å². The number of benzene rings is 24. The van der Waals surface area contributed by atoms with Crippen molar-refractivity contribution >= 4 is 147 Å². The number of fused-ring (bicyclic) bond motifs is 27. The zero-order valence-electron chi connectivity index (χ0n) is 82.1. The molecule has 24 aromatic carbocycles. The summed E-state index contributed by atoms with van der Waals surface area (Å²) in [4.78, 5) is 17.1. The lowest BCUT2D eigenvalue weighted by Crippen LogP contribution is -2.14. The third-order valence-electron chi connectivity index (χ3n) is 31.2. The third kappa shape index (κ3) is 14.5. The molecule has 7 heteroatoms. The number of aromatic nitrogens is 5. The van der Waals surface area contributed by atoms with E-state index < -0.39 is 0 Å². The highest BCUT2D eigenvalue weighted by atomic mass is 16.3. The first kappa shape index (κ1) is 86.9. The first-order valence-corrected chi connectivity index (χ1v) is 51.1. The molecule has 7 nitrogen and oxygen atoms in total. The molecule has 0 aliphatic heterocycles. The van der Waals surface area contributed by atoms with E-state index >= 15 is 0 Å². The van der Waals surface area contributed by atoms with E-state index in [0.29, 0.717) is 17.5 Å². The SMILES string of the molecule is CC1(C)c2ccccc2-c2c1ccc1ccc3cc(-n4c5ccccc5c5cc(-c6ccc7c(c6)c6ccccc6n7-c6ccccc6)ccc54)ccc3c21.CC1(C)c2ccccc2-c2c1ccc1ccc3cc(N(c4ccc(-c5ccccc5)cc4)c4ccc(-c5ccccc5)cc4)ccc3c21.c1ccc(-c2nc(-c3ccccc3)nc(-c3cccc(-c4ccc5c(ccc6ccc7oc8ccccc8c7c65)c4)c3)n2)cc1. The smallest absolute Gasteiger partial charge is 0.164 e. The Hall–Kier alpha value is -19.0. The van der Waals surface area contributed by atoms with Crippen molar-refractivity contribution in [1.82, 2.24) is 24.1 Å². The Morgan fingerprint density at radius 1 is 0.196 bits per heavy atom. The van der Waals surface area contributed by atoms with E-state index in [4.69, 9.17) is 19.4 Å². The van der Waals surface area contributed by atoms with Crippen molar-refractivity contribution < 1.29 is 4.42 Å². The minimum absolute atomic E-state index is 0.0309. The Morgan fingerprint density at radius 3 is 1.10 bits per heavy atom. The van der Waals surface area contributed by atoms with E-state index in [2.05, 4.69) is 479 Å². The molecule has 0 radical (unpaired) electrons. The summed E-state index contributed by atoms with van der Waals surface area (Å²) in [5.41, 5.74) is 35.9. The Morgan fingerprint density at radius 2 is 0.554 bits per heavy atom. The predicted octanol–water partition coefficient (Wildman–Crippen LogP) is 38.0. The van der Waals surface area contributed by atoms with Crippen molar-refractivity contribution in [3.63, 3.8) is 0 Å². The number of anilines is 3. The number of furan rings is 1. The summed E-state index contributed by atoms with van der Waals surface area (Å²) >= 11 is 0. The zero-order chi connectivity index (χ0) is 98.4. The zero-order valence-corrected chi connectivity index (χ0v) is 82.1. The second kappa shape index (κ2) is 35.0. The molecule has 0 unspecified atom stereocenters. The van der Waals surface area contributed by atoms with Gasteiger partial charge in [0.15, 0.2) is 17.5 Å². The molecule has 2 aliphatic rings. The lowest BCUT2D eigenvalue weighted by atomic mass is 9.82. The van der Waals surface area contributed by atoms with Crippen LogP contribution in [-0.4, -0.2) is 24.1 Å². The number of hydrogen-bond donors (Lipinski definition) is 0. The van der Waals surface area contributed by atoms with E-state index in [9.17, 15) is 0 Å². The van der Waals surface area contributed by atoms with E-state index in [1.807, 2.05) is 72.8 Å². The van der Waals surface area contributed by atoms with E-state index in [-0.39, 0.29) is 10.8 Å². The largest absolute Gasteiger partial charge is 0.456 e. The average molecular weight is 1890 g/mol. The van der Waals surface area contributed by atoms with Gasteiger partial charge in [-0.05, 0) is 270 Å². The van der Waals surface area contributed by atoms with Gasteiger partial charge in [-0.25, -0.2) is 15.0 Å². The van der Waals surface area contributed by atoms with Crippen molar-refractivity contribution in [2.75, 3.05) is 4.90 Å². The van der Waals surface area contributed by atoms with Crippen LogP contribution in [0.4, 0.5) is 17.1 Å². The van der Waals surface area contributed by atoms with Crippen LogP contribution < -0.4 is 4.90 Å². The fraction of sp³-hybridized carbons (Fsp3) is 0.0426. The maximum Gasteiger partial charge on any atom is 0.164 e. The number of hydrogen-bond acceptors (Lipinski definition) is 5. The van der Waals surface area contributed by atoms with Crippen LogP contribution in [-0.2, 0) is 10.8 Å². The van der Waals surface area contributed by atoms with E-state index in [1.165, 1.54) is 203 Å². The molecule has 2 aliphatic carbocycles. The second-order valence-electron chi connectivity index (χ2n) is 40.4. The van der Waals surface area contributed by atoms with Crippen molar-refractivity contribution in [3.05, 3.63) is 532 Å². The Labute approximate surface area is 857 Å². The summed E-state index contributed by atoms with van der Waals surface area (Å²) in [6.07, 6.45) is 0. The molecule has 0 fully saturated rings. The van der Waals surface area contributed by atoms with Crippen LogP contribution in [0.3, 0.4) is 0 Å². The summed E-state index contributed by atoms with van der Waals surface area (Å²) in [6.45, 7) is 9.44. The molecule has 0 atom stereocenters. The van der Waals surface area contributed by atoms with Crippen molar-refractivity contribution in [3.8, 4) is 112 Å². The Kier molecular flexibility index (Phi) is 20.5. The normalized spacial score (nSPS) is 12.7. The fourth-order valence-electron chi connectivity index (χ4n) is 24.0. The van der Waals surface area contributed by atoms with Gasteiger partial charge in [0.25, 0.3) is 0 Å². The van der Waals surface area contributed by atoms with Crippen LogP contribution in [0, 0.1) is 0 Å². The molecule has 4 heterocycles. The molecule has 0 saturated carbocycles. The van der Waals surface area contributed by atoms with Crippen molar-refractivity contribution in [2.24, 2.45) is 0 Å². The lowest BCUT2D eigenvalue weighted by Gasteiger charge is -2.26. The van der Waals surface area contributed by atoms with E-state index in [1.54, 1.807) is 0 Å². The highest BCUT2D eigenvalue weighted by molar-refractivity contribution is 6.27. The minimum Gasteiger partial charge on any atom is -0.456 e. The van der Waals surface area contributed by atoms with E-state index in [0.717, 1.165) is 61.4 Å². The quantitative estimate of drug-likeness (QED) is 0.114. The first-order chi connectivity index (χ1) is 72.9. The van der Waals surface area contributed by atoms with Crippen LogP contribution in [0.25, 0.3) is 242 Å². The average Bonchev–Trinajstić information content (AvgIpc) is 1.55. The van der Waals surface area contributed by atoms with Gasteiger partial charge in [0, 0.05) is 93.7 Å². The second-order valence-corrected chi connectivity index (χ2v) is 40.4. The van der Waals surface area contributed by atoms with Gasteiger partial charge in [-0.1, -0.05) is 416 Å². The summed E-state index contributed by atoms with van der Waals surface area (Å²) in [5.74, 6) is 1.95. The van der Waals surface area contributed by atoms with Crippen LogP contribution in [0.2, 0.25) is 0 Å². The van der Waals surface area contributed by atoms with Gasteiger partial charge in [0.2, 0.25) is 0 Å². The summed E-state index contributed by atoms with van der Waals surface area (Å²) in [7, 11) is 0. The van der Waals surface area contributed by atoms with Gasteiger partial charge in [-0.2, -0.15) is 0 Å². The van der Waals surface area contributed by atoms with Crippen LogP contribution >= 0.6 is 0 Å². The monoisotopic (exact) mass is 1890 g/mol. The molecule has 30 rings (SSSR count). The number of nitrogens with zero attached hydrogens (tertiary/aromatic N) is 6.